The van der Waals surface area contributed by atoms with Gasteiger partial charge in [-0.1, -0.05) is 0 Å². The molecule has 0 aliphatic carbocycles. The van der Waals surface area contributed by atoms with E-state index in [0.29, 0.717) is 10.2 Å². The zero-order valence-corrected chi connectivity index (χ0v) is 12.0. The molecule has 0 saturated carbocycles. The van der Waals surface area contributed by atoms with Crippen LogP contribution < -0.4 is 10.1 Å². The third-order valence-corrected chi connectivity index (χ3v) is 2.67. The molecule has 1 aromatic rings. The molecule has 0 aromatic heterocycles. The Hall–Kier alpha value is -1.67. The number of nitrogens with one attached hydrogen (secondary N) is 1. The molecule has 0 atom stereocenters. The van der Waals surface area contributed by atoms with E-state index < -0.39 is 18.4 Å². The number of rotatable bonds is 8. The van der Waals surface area contributed by atoms with E-state index in [0.717, 1.165) is 0 Å². The topological polar surface area (TPSA) is 84.9 Å². The minimum absolute atomic E-state index is 0.0955. The third kappa shape index (κ3) is 6.48. The molecular weight excluding hydrogens is 337 g/mol. The molecule has 0 aliphatic rings. The van der Waals surface area contributed by atoms with Crippen molar-refractivity contribution in [3.8, 4) is 5.75 Å². The maximum absolute atomic E-state index is 12.8. The number of hydrogen-bond donors (Lipinski definition) is 2. The van der Waals surface area contributed by atoms with Gasteiger partial charge in [-0.05, 0) is 34.1 Å². The number of benzene rings is 1. The van der Waals surface area contributed by atoms with Crippen LogP contribution in [0.3, 0.4) is 0 Å². The van der Waals surface area contributed by atoms with E-state index in [1.165, 1.54) is 18.2 Å². The zero-order valence-electron chi connectivity index (χ0n) is 10.4. The van der Waals surface area contributed by atoms with Gasteiger partial charge in [0.1, 0.15) is 18.2 Å². The van der Waals surface area contributed by atoms with Gasteiger partial charge in [0, 0.05) is 6.54 Å². The summed E-state index contributed by atoms with van der Waals surface area (Å²) in [6, 6.07) is 3.85. The SMILES string of the molecule is O=C(O)COCCNC(=O)COc1ccc(F)cc1Br. The number of aliphatic carboxylic acids is 1. The Morgan fingerprint density at radius 3 is 2.75 bits per heavy atom. The number of carbonyl (C=O) groups excluding carboxylic acids is 1. The Morgan fingerprint density at radius 2 is 2.10 bits per heavy atom. The molecule has 1 aromatic carbocycles. The first-order valence-corrected chi connectivity index (χ1v) is 6.42. The predicted molar refractivity (Wildman–Crippen MR) is 71.1 cm³/mol. The lowest BCUT2D eigenvalue weighted by atomic mass is 10.3. The van der Waals surface area contributed by atoms with Crippen molar-refractivity contribution in [1.29, 1.82) is 0 Å². The van der Waals surface area contributed by atoms with Gasteiger partial charge in [-0.2, -0.15) is 0 Å². The average Bonchev–Trinajstić information content (AvgIpc) is 2.37. The summed E-state index contributed by atoms with van der Waals surface area (Å²) in [5.41, 5.74) is 0. The zero-order chi connectivity index (χ0) is 15.0. The summed E-state index contributed by atoms with van der Waals surface area (Å²) in [6.07, 6.45) is 0. The smallest absolute Gasteiger partial charge is 0.329 e. The second kappa shape index (κ2) is 8.49. The normalized spacial score (nSPS) is 10.1. The molecule has 110 valence electrons. The maximum Gasteiger partial charge on any atom is 0.329 e. The van der Waals surface area contributed by atoms with Crippen molar-refractivity contribution in [2.75, 3.05) is 26.4 Å². The molecule has 0 bridgehead atoms. The van der Waals surface area contributed by atoms with Crippen LogP contribution in [0.15, 0.2) is 22.7 Å². The van der Waals surface area contributed by atoms with Crippen LogP contribution in [0.1, 0.15) is 0 Å². The number of halogens is 2. The summed E-state index contributed by atoms with van der Waals surface area (Å²) < 4.78 is 23.2. The highest BCUT2D eigenvalue weighted by Crippen LogP contribution is 2.25. The molecule has 8 heteroatoms. The second-order valence-electron chi connectivity index (χ2n) is 3.66. The Kier molecular flexibility index (Phi) is 6.96. The highest BCUT2D eigenvalue weighted by atomic mass is 79.9. The largest absolute Gasteiger partial charge is 0.483 e. The van der Waals surface area contributed by atoms with E-state index >= 15 is 0 Å². The highest BCUT2D eigenvalue weighted by Gasteiger charge is 2.06. The third-order valence-electron chi connectivity index (χ3n) is 2.05. The first-order chi connectivity index (χ1) is 9.49. The van der Waals surface area contributed by atoms with Crippen molar-refractivity contribution in [2.45, 2.75) is 0 Å². The van der Waals surface area contributed by atoms with E-state index in [1.807, 2.05) is 0 Å². The molecule has 1 amide bonds. The number of carbonyl (C=O) groups is 2. The van der Waals surface area contributed by atoms with Gasteiger partial charge < -0.3 is 19.9 Å². The van der Waals surface area contributed by atoms with Gasteiger partial charge in [-0.15, -0.1) is 0 Å². The summed E-state index contributed by atoms with van der Waals surface area (Å²) in [7, 11) is 0. The van der Waals surface area contributed by atoms with Gasteiger partial charge in [-0.25, -0.2) is 9.18 Å². The van der Waals surface area contributed by atoms with Gasteiger partial charge in [0.2, 0.25) is 0 Å². The average molecular weight is 350 g/mol. The lowest BCUT2D eigenvalue weighted by Gasteiger charge is -2.08. The van der Waals surface area contributed by atoms with Crippen LogP contribution in [0.2, 0.25) is 0 Å². The van der Waals surface area contributed by atoms with Gasteiger partial charge in [0.05, 0.1) is 11.1 Å². The van der Waals surface area contributed by atoms with Crippen LogP contribution in [0.4, 0.5) is 4.39 Å². The lowest BCUT2D eigenvalue weighted by molar-refractivity contribution is -0.142. The molecule has 0 saturated heterocycles. The molecule has 0 unspecified atom stereocenters. The van der Waals surface area contributed by atoms with Crippen molar-refractivity contribution < 1.29 is 28.6 Å². The summed E-state index contributed by atoms with van der Waals surface area (Å²) in [5, 5.41) is 10.8. The predicted octanol–water partition coefficient (Wildman–Crippen LogP) is 1.18. The fourth-order valence-corrected chi connectivity index (χ4v) is 1.67. The first kappa shape index (κ1) is 16.4. The standard InChI is InChI=1S/C12H13BrFNO5/c13-9-5-8(14)1-2-10(9)20-6-11(16)15-3-4-19-7-12(17)18/h1-2,5H,3-4,6-7H2,(H,15,16)(H,17,18). The molecule has 6 nitrogen and oxygen atoms in total. The number of carboxylic acid groups (broad SMARTS) is 1. The Labute approximate surface area is 123 Å². The van der Waals surface area contributed by atoms with Crippen LogP contribution in [-0.4, -0.2) is 43.3 Å². The van der Waals surface area contributed by atoms with Gasteiger partial charge in [0.15, 0.2) is 6.61 Å². The lowest BCUT2D eigenvalue weighted by Crippen LogP contribution is -2.32. The fourth-order valence-electron chi connectivity index (χ4n) is 1.21. The highest BCUT2D eigenvalue weighted by molar-refractivity contribution is 9.10. The Balaban J connectivity index is 2.21. The summed E-state index contributed by atoms with van der Waals surface area (Å²) >= 11 is 3.11. The van der Waals surface area contributed by atoms with Crippen LogP contribution in [0, 0.1) is 5.82 Å². The van der Waals surface area contributed by atoms with Crippen LogP contribution >= 0.6 is 15.9 Å². The van der Waals surface area contributed by atoms with Crippen LogP contribution in [0.25, 0.3) is 0 Å². The second-order valence-corrected chi connectivity index (χ2v) is 4.51. The molecular formula is C12H13BrFNO5. The quantitative estimate of drug-likeness (QED) is 0.688. The number of hydrogen-bond acceptors (Lipinski definition) is 4. The van der Waals surface area contributed by atoms with Crippen molar-refractivity contribution in [1.82, 2.24) is 5.32 Å². The number of amides is 1. The van der Waals surface area contributed by atoms with Crippen LogP contribution in [-0.2, 0) is 14.3 Å². The molecule has 0 fully saturated rings. The summed E-state index contributed by atoms with van der Waals surface area (Å²) in [4.78, 5) is 21.5. The first-order valence-electron chi connectivity index (χ1n) is 5.63. The van der Waals surface area contributed by atoms with Gasteiger partial charge in [0.25, 0.3) is 5.91 Å². The number of ether oxygens (including phenoxy) is 2. The van der Waals surface area contributed by atoms with E-state index in [1.54, 1.807) is 0 Å². The minimum atomic E-state index is -1.07. The van der Waals surface area contributed by atoms with Crippen molar-refractivity contribution in [2.24, 2.45) is 0 Å². The molecule has 2 N–H and O–H groups in total. The molecule has 0 radical (unpaired) electrons. The fraction of sp³-hybridized carbons (Fsp3) is 0.333. The Morgan fingerprint density at radius 1 is 1.35 bits per heavy atom. The minimum Gasteiger partial charge on any atom is -0.483 e. The van der Waals surface area contributed by atoms with Crippen LogP contribution in [0.5, 0.6) is 5.75 Å². The van der Waals surface area contributed by atoms with E-state index in [-0.39, 0.29) is 25.7 Å². The maximum atomic E-state index is 12.8. The molecule has 20 heavy (non-hydrogen) atoms. The molecule has 0 heterocycles. The van der Waals surface area contributed by atoms with E-state index in [2.05, 4.69) is 21.2 Å². The van der Waals surface area contributed by atoms with Crippen molar-refractivity contribution >= 4 is 27.8 Å². The molecule has 0 spiro atoms. The van der Waals surface area contributed by atoms with E-state index in [4.69, 9.17) is 14.6 Å². The monoisotopic (exact) mass is 349 g/mol. The van der Waals surface area contributed by atoms with Crippen molar-refractivity contribution in [3.63, 3.8) is 0 Å². The van der Waals surface area contributed by atoms with Crippen molar-refractivity contribution in [3.05, 3.63) is 28.5 Å². The molecule has 1 rings (SSSR count). The Bertz CT molecular complexity index is 483. The molecule has 0 aliphatic heterocycles. The van der Waals surface area contributed by atoms with Gasteiger partial charge >= 0.3 is 5.97 Å². The number of carboxylic acids is 1. The van der Waals surface area contributed by atoms with Gasteiger partial charge in [-0.3, -0.25) is 4.79 Å². The summed E-state index contributed by atoms with van der Waals surface area (Å²) in [5.74, 6) is -1.52. The van der Waals surface area contributed by atoms with E-state index in [9.17, 15) is 14.0 Å². The summed E-state index contributed by atoms with van der Waals surface area (Å²) in [6.45, 7) is -0.365.